The highest BCUT2D eigenvalue weighted by molar-refractivity contribution is 5.96. The molecule has 0 saturated carbocycles. The van der Waals surface area contributed by atoms with Crippen molar-refractivity contribution < 1.29 is 9.90 Å². The minimum absolute atomic E-state index is 0.000575. The maximum absolute atomic E-state index is 14.9. The molecule has 0 aliphatic rings. The van der Waals surface area contributed by atoms with Gasteiger partial charge in [0.25, 0.3) is 0 Å². The molecule has 0 radical (unpaired) electrons. The molecule has 0 spiro atoms. The molecule has 4 aromatic carbocycles. The van der Waals surface area contributed by atoms with Gasteiger partial charge < -0.3 is 16.2 Å². The van der Waals surface area contributed by atoms with E-state index < -0.39 is 11.5 Å². The smallest absolute Gasteiger partial charge is 0.240 e. The van der Waals surface area contributed by atoms with Crippen molar-refractivity contribution in [1.82, 2.24) is 10.3 Å². The Morgan fingerprint density at radius 3 is 1.63 bits per heavy atom. The summed E-state index contributed by atoms with van der Waals surface area (Å²) in [5, 5.41) is 13.9. The molecule has 5 rings (SSSR count). The van der Waals surface area contributed by atoms with Gasteiger partial charge in [-0.15, -0.1) is 0 Å². The van der Waals surface area contributed by atoms with Crippen molar-refractivity contribution in [3.8, 4) is 5.75 Å². The van der Waals surface area contributed by atoms with Gasteiger partial charge in [-0.1, -0.05) is 121 Å². The van der Waals surface area contributed by atoms with Crippen LogP contribution in [0.5, 0.6) is 5.75 Å². The van der Waals surface area contributed by atoms with Crippen molar-refractivity contribution in [1.29, 1.82) is 0 Å². The predicted octanol–water partition coefficient (Wildman–Crippen LogP) is 5.49. The number of nitrogens with two attached hydrogens (primary N) is 1. The molecule has 38 heavy (non-hydrogen) atoms. The van der Waals surface area contributed by atoms with Gasteiger partial charge in [0.1, 0.15) is 11.2 Å². The monoisotopic (exact) mass is 499 g/mol. The highest BCUT2D eigenvalue weighted by Gasteiger charge is 2.44. The number of aromatic nitrogens is 1. The van der Waals surface area contributed by atoms with E-state index in [0.717, 1.165) is 22.3 Å². The maximum atomic E-state index is 14.9. The molecule has 5 aromatic rings. The average molecular weight is 500 g/mol. The van der Waals surface area contributed by atoms with E-state index in [9.17, 15) is 9.90 Å². The molecule has 0 unspecified atom stereocenters. The Balaban J connectivity index is 1.74. The van der Waals surface area contributed by atoms with E-state index in [1.807, 2.05) is 121 Å². The normalized spacial score (nSPS) is 12.0. The first-order valence-corrected chi connectivity index (χ1v) is 12.5. The van der Waals surface area contributed by atoms with Gasteiger partial charge in [0.05, 0.1) is 12.2 Å². The zero-order valence-corrected chi connectivity index (χ0v) is 20.9. The molecule has 1 atom stereocenters. The molecular weight excluding hydrogens is 470 g/mol. The fourth-order valence-corrected chi connectivity index (χ4v) is 5.15. The second kappa shape index (κ2) is 11.1. The molecule has 0 saturated heterocycles. The van der Waals surface area contributed by atoms with Gasteiger partial charge in [-0.3, -0.25) is 9.78 Å². The molecular formula is C33H29N3O2. The third-order valence-corrected chi connectivity index (χ3v) is 6.95. The van der Waals surface area contributed by atoms with Crippen LogP contribution < -0.4 is 11.1 Å². The van der Waals surface area contributed by atoms with Crippen LogP contribution in [0.15, 0.2) is 134 Å². The lowest BCUT2D eigenvalue weighted by molar-refractivity contribution is -0.124. The van der Waals surface area contributed by atoms with Crippen LogP contribution in [0.4, 0.5) is 0 Å². The minimum atomic E-state index is -1.15. The first-order chi connectivity index (χ1) is 18.7. The Morgan fingerprint density at radius 2 is 1.18 bits per heavy atom. The summed E-state index contributed by atoms with van der Waals surface area (Å²) < 4.78 is 0. The van der Waals surface area contributed by atoms with Gasteiger partial charge in [0, 0.05) is 23.9 Å². The fourth-order valence-electron chi connectivity index (χ4n) is 5.15. The molecule has 0 aliphatic heterocycles. The number of nitrogens with zero attached hydrogens (tertiary/aromatic N) is 1. The van der Waals surface area contributed by atoms with E-state index in [-0.39, 0.29) is 18.2 Å². The summed E-state index contributed by atoms with van der Waals surface area (Å²) in [7, 11) is 0. The first kappa shape index (κ1) is 24.9. The molecule has 1 amide bonds. The summed E-state index contributed by atoms with van der Waals surface area (Å²) in [6, 6.07) is 38.5. The number of nitrogens with one attached hydrogen (secondary N) is 1. The van der Waals surface area contributed by atoms with Crippen molar-refractivity contribution in [3.05, 3.63) is 167 Å². The lowest BCUT2D eigenvalue weighted by Gasteiger charge is -2.36. The molecule has 1 heterocycles. The van der Waals surface area contributed by atoms with Gasteiger partial charge in [-0.25, -0.2) is 0 Å². The van der Waals surface area contributed by atoms with Gasteiger partial charge in [0.15, 0.2) is 0 Å². The number of carbonyl (C=O) groups is 1. The Kier molecular flexibility index (Phi) is 7.29. The summed E-state index contributed by atoms with van der Waals surface area (Å²) in [6.07, 6.45) is 3.03. The van der Waals surface area contributed by atoms with Gasteiger partial charge in [-0.2, -0.15) is 0 Å². The third kappa shape index (κ3) is 4.56. The second-order valence-electron chi connectivity index (χ2n) is 9.10. The summed E-state index contributed by atoms with van der Waals surface area (Å²) >= 11 is 0. The lowest BCUT2D eigenvalue weighted by atomic mass is 9.68. The molecule has 0 fully saturated rings. The number of benzene rings is 4. The van der Waals surface area contributed by atoms with Crippen molar-refractivity contribution in [2.24, 2.45) is 5.73 Å². The number of aromatic hydroxyl groups is 1. The topological polar surface area (TPSA) is 88.2 Å². The molecule has 188 valence electrons. The number of pyridine rings is 1. The van der Waals surface area contributed by atoms with E-state index >= 15 is 0 Å². The highest BCUT2D eigenvalue weighted by atomic mass is 16.3. The quantitative estimate of drug-likeness (QED) is 0.247. The number of carbonyl (C=O) groups excluding carboxylic acids is 1. The van der Waals surface area contributed by atoms with Crippen LogP contribution in [0, 0.1) is 0 Å². The van der Waals surface area contributed by atoms with Crippen LogP contribution in [0.3, 0.4) is 0 Å². The lowest BCUT2D eigenvalue weighted by Crippen LogP contribution is -2.47. The zero-order valence-electron chi connectivity index (χ0n) is 20.9. The summed E-state index contributed by atoms with van der Waals surface area (Å²) in [5.41, 5.74) is 9.48. The Labute approximate surface area is 222 Å². The standard InChI is InChI=1S/C33H29N3O2/c34-21-28-29(22-35-23-30(28)37)31(24-13-5-1-6-14-24)36-32(38)33(25-15-7-2-8-16-25,26-17-9-3-10-18-26)27-19-11-4-12-20-27/h1-20,22-23,31,37H,21,34H2,(H,36,38)/t31-/m1/s1. The van der Waals surface area contributed by atoms with Gasteiger partial charge >= 0.3 is 0 Å². The van der Waals surface area contributed by atoms with E-state index in [2.05, 4.69) is 10.3 Å². The van der Waals surface area contributed by atoms with Crippen molar-refractivity contribution in [2.45, 2.75) is 18.0 Å². The van der Waals surface area contributed by atoms with Crippen LogP contribution >= 0.6 is 0 Å². The molecule has 0 bridgehead atoms. The maximum Gasteiger partial charge on any atom is 0.240 e. The van der Waals surface area contributed by atoms with Crippen molar-refractivity contribution in [2.75, 3.05) is 0 Å². The summed E-state index contributed by atoms with van der Waals surface area (Å²) in [4.78, 5) is 19.1. The van der Waals surface area contributed by atoms with Crippen molar-refractivity contribution >= 4 is 5.91 Å². The van der Waals surface area contributed by atoms with E-state index in [1.165, 1.54) is 6.20 Å². The van der Waals surface area contributed by atoms with Gasteiger partial charge in [0.2, 0.25) is 5.91 Å². The number of hydrogen-bond acceptors (Lipinski definition) is 4. The van der Waals surface area contributed by atoms with E-state index in [4.69, 9.17) is 5.73 Å². The third-order valence-electron chi connectivity index (χ3n) is 6.95. The fraction of sp³-hybridized carbons (Fsp3) is 0.0909. The highest BCUT2D eigenvalue weighted by Crippen LogP contribution is 2.41. The average Bonchev–Trinajstić information content (AvgIpc) is 2.98. The Bertz CT molecular complexity index is 1390. The van der Waals surface area contributed by atoms with Crippen LogP contribution in [0.25, 0.3) is 0 Å². The van der Waals surface area contributed by atoms with E-state index in [0.29, 0.717) is 11.1 Å². The first-order valence-electron chi connectivity index (χ1n) is 12.5. The molecule has 0 aliphatic carbocycles. The number of amides is 1. The van der Waals surface area contributed by atoms with Crippen LogP contribution in [0.2, 0.25) is 0 Å². The number of rotatable bonds is 8. The minimum Gasteiger partial charge on any atom is -0.506 e. The molecule has 1 aromatic heterocycles. The summed E-state index contributed by atoms with van der Waals surface area (Å²) in [6.45, 7) is 0.101. The SMILES string of the molecule is NCc1c(O)cncc1[C@H](NC(=O)C(c1ccccc1)(c1ccccc1)c1ccccc1)c1ccccc1. The number of hydrogen-bond donors (Lipinski definition) is 3. The Morgan fingerprint density at radius 1 is 0.737 bits per heavy atom. The summed E-state index contributed by atoms with van der Waals surface area (Å²) in [5.74, 6) is -0.207. The largest absolute Gasteiger partial charge is 0.506 e. The molecule has 5 nitrogen and oxygen atoms in total. The van der Waals surface area contributed by atoms with Crippen LogP contribution in [-0.2, 0) is 16.8 Å². The van der Waals surface area contributed by atoms with E-state index in [1.54, 1.807) is 6.20 Å². The predicted molar refractivity (Wildman–Crippen MR) is 149 cm³/mol. The zero-order chi connectivity index (χ0) is 26.4. The van der Waals surface area contributed by atoms with Crippen molar-refractivity contribution in [3.63, 3.8) is 0 Å². The van der Waals surface area contributed by atoms with Crippen LogP contribution in [-0.4, -0.2) is 16.0 Å². The molecule has 5 heteroatoms. The van der Waals surface area contributed by atoms with Crippen LogP contribution in [0.1, 0.15) is 39.4 Å². The second-order valence-corrected chi connectivity index (χ2v) is 9.10. The molecule has 4 N–H and O–H groups in total. The Hall–Kier alpha value is -4.74. The van der Waals surface area contributed by atoms with Gasteiger partial charge in [-0.05, 0) is 22.3 Å².